The van der Waals surface area contributed by atoms with Crippen molar-refractivity contribution in [3.8, 4) is 28.5 Å². The summed E-state index contributed by atoms with van der Waals surface area (Å²) in [7, 11) is 1.58. The van der Waals surface area contributed by atoms with Crippen LogP contribution in [0.3, 0.4) is 0 Å². The topological polar surface area (TPSA) is 94.7 Å². The van der Waals surface area contributed by atoms with Crippen molar-refractivity contribution in [2.75, 3.05) is 12.8 Å². The molecule has 6 heteroatoms. The lowest BCUT2D eigenvalue weighted by Gasteiger charge is -2.19. The number of para-hydroxylation sites is 1. The van der Waals surface area contributed by atoms with Crippen LogP contribution >= 0.6 is 0 Å². The molecule has 138 valence electrons. The van der Waals surface area contributed by atoms with Crippen molar-refractivity contribution in [2.24, 2.45) is 0 Å². The second-order valence-electron chi connectivity index (χ2n) is 6.07. The van der Waals surface area contributed by atoms with Crippen molar-refractivity contribution in [3.63, 3.8) is 0 Å². The number of aryl methyl sites for hydroxylation is 1. The van der Waals surface area contributed by atoms with Gasteiger partial charge in [0, 0.05) is 6.20 Å². The molecule has 0 amide bonds. The smallest absolute Gasteiger partial charge is 0.339 e. The number of methoxy groups -OCH3 is 1. The van der Waals surface area contributed by atoms with E-state index in [2.05, 4.69) is 4.98 Å². The highest BCUT2D eigenvalue weighted by atomic mass is 16.5. The zero-order valence-corrected chi connectivity index (χ0v) is 15.3. The van der Waals surface area contributed by atoms with Gasteiger partial charge in [0.25, 0.3) is 0 Å². The van der Waals surface area contributed by atoms with Crippen LogP contribution in [-0.4, -0.2) is 23.2 Å². The number of pyridine rings is 1. The summed E-state index contributed by atoms with van der Waals surface area (Å²) in [5, 5.41) is 9.47. The summed E-state index contributed by atoms with van der Waals surface area (Å²) < 4.78 is 11.4. The molecule has 0 spiro atoms. The fraction of sp³-hybridized carbons (Fsp3) is 0.143. The van der Waals surface area contributed by atoms with Crippen molar-refractivity contribution in [1.82, 2.24) is 4.98 Å². The standard InChI is InChI=1S/C21H20N2O4/c1-12-9-10-16(26-3)13(2)17(12)18-19(22)15(21(24)25)11-23-20(18)27-14-7-5-4-6-8-14/h4-11H,1-3H3,(H2,22,23)(H,24,25). The minimum Gasteiger partial charge on any atom is -0.496 e. The Labute approximate surface area is 157 Å². The van der Waals surface area contributed by atoms with Crippen LogP contribution in [0.25, 0.3) is 11.1 Å². The second kappa shape index (κ2) is 7.37. The van der Waals surface area contributed by atoms with Gasteiger partial charge in [0.2, 0.25) is 5.88 Å². The Morgan fingerprint density at radius 3 is 2.41 bits per heavy atom. The van der Waals surface area contributed by atoms with E-state index >= 15 is 0 Å². The van der Waals surface area contributed by atoms with E-state index in [0.29, 0.717) is 17.1 Å². The molecule has 0 radical (unpaired) electrons. The molecule has 2 aromatic carbocycles. The number of carbonyl (C=O) groups is 1. The number of carboxylic acids is 1. The van der Waals surface area contributed by atoms with Gasteiger partial charge in [-0.3, -0.25) is 0 Å². The van der Waals surface area contributed by atoms with Gasteiger partial charge in [0.1, 0.15) is 17.1 Å². The first-order valence-corrected chi connectivity index (χ1v) is 8.33. The molecule has 1 aromatic heterocycles. The lowest BCUT2D eigenvalue weighted by atomic mass is 9.93. The van der Waals surface area contributed by atoms with Crippen molar-refractivity contribution in [3.05, 3.63) is 65.4 Å². The minimum atomic E-state index is -1.15. The van der Waals surface area contributed by atoms with E-state index in [4.69, 9.17) is 15.2 Å². The zero-order valence-electron chi connectivity index (χ0n) is 15.3. The van der Waals surface area contributed by atoms with E-state index in [-0.39, 0.29) is 17.1 Å². The predicted molar refractivity (Wildman–Crippen MR) is 104 cm³/mol. The van der Waals surface area contributed by atoms with Crippen molar-refractivity contribution in [1.29, 1.82) is 0 Å². The first kappa shape index (κ1) is 18.3. The molecule has 0 aliphatic heterocycles. The number of nitrogen functional groups attached to an aromatic ring is 1. The molecule has 0 aliphatic rings. The molecule has 0 atom stereocenters. The maximum absolute atomic E-state index is 11.6. The fourth-order valence-electron chi connectivity index (χ4n) is 3.03. The highest BCUT2D eigenvalue weighted by molar-refractivity contribution is 6.00. The van der Waals surface area contributed by atoms with Gasteiger partial charge in [-0.2, -0.15) is 0 Å². The Kier molecular flexibility index (Phi) is 4.98. The number of anilines is 1. The summed E-state index contributed by atoms with van der Waals surface area (Å²) >= 11 is 0. The molecule has 3 aromatic rings. The normalized spacial score (nSPS) is 10.5. The van der Waals surface area contributed by atoms with Crippen LogP contribution in [0.2, 0.25) is 0 Å². The lowest BCUT2D eigenvalue weighted by Crippen LogP contribution is -2.08. The number of hydrogen-bond acceptors (Lipinski definition) is 5. The van der Waals surface area contributed by atoms with E-state index in [1.54, 1.807) is 19.2 Å². The van der Waals surface area contributed by atoms with Gasteiger partial charge in [-0.05, 0) is 48.7 Å². The van der Waals surface area contributed by atoms with Crippen molar-refractivity contribution >= 4 is 11.7 Å². The monoisotopic (exact) mass is 364 g/mol. The van der Waals surface area contributed by atoms with Crippen LogP contribution in [0, 0.1) is 13.8 Å². The number of rotatable bonds is 5. The van der Waals surface area contributed by atoms with Gasteiger partial charge in [0.05, 0.1) is 18.4 Å². The SMILES string of the molecule is COc1ccc(C)c(-c2c(Oc3ccccc3)ncc(C(=O)O)c2N)c1C. The number of nitrogens with two attached hydrogens (primary N) is 1. The molecule has 27 heavy (non-hydrogen) atoms. The van der Waals surface area contributed by atoms with E-state index in [1.807, 2.05) is 44.2 Å². The van der Waals surface area contributed by atoms with Gasteiger partial charge in [0.15, 0.2) is 0 Å². The molecule has 1 heterocycles. The van der Waals surface area contributed by atoms with Crippen molar-refractivity contribution in [2.45, 2.75) is 13.8 Å². The van der Waals surface area contributed by atoms with Gasteiger partial charge in [-0.25, -0.2) is 9.78 Å². The molecule has 0 bridgehead atoms. The Bertz CT molecular complexity index is 1000. The maximum atomic E-state index is 11.6. The van der Waals surface area contributed by atoms with E-state index in [1.165, 1.54) is 6.20 Å². The molecule has 3 rings (SSSR count). The third-order valence-electron chi connectivity index (χ3n) is 4.37. The Balaban J connectivity index is 2.29. The summed E-state index contributed by atoms with van der Waals surface area (Å²) in [4.78, 5) is 15.8. The largest absolute Gasteiger partial charge is 0.496 e. The third-order valence-corrected chi connectivity index (χ3v) is 4.37. The number of nitrogens with zero attached hydrogens (tertiary/aromatic N) is 1. The molecule has 0 unspecified atom stereocenters. The molecule has 3 N–H and O–H groups in total. The minimum absolute atomic E-state index is 0.0768. The van der Waals surface area contributed by atoms with Crippen LogP contribution in [0.1, 0.15) is 21.5 Å². The first-order chi connectivity index (χ1) is 12.9. The van der Waals surface area contributed by atoms with E-state index in [9.17, 15) is 9.90 Å². The Hall–Kier alpha value is -3.54. The molecular weight excluding hydrogens is 344 g/mol. The van der Waals surface area contributed by atoms with Gasteiger partial charge in [-0.1, -0.05) is 24.3 Å². The summed E-state index contributed by atoms with van der Waals surface area (Å²) in [6.07, 6.45) is 1.21. The Morgan fingerprint density at radius 2 is 1.78 bits per heavy atom. The number of carboxylic acid groups (broad SMARTS) is 1. The summed E-state index contributed by atoms with van der Waals surface area (Å²) in [6.45, 7) is 3.81. The number of aromatic carboxylic acids is 1. The van der Waals surface area contributed by atoms with Crippen LogP contribution < -0.4 is 15.2 Å². The maximum Gasteiger partial charge on any atom is 0.339 e. The number of aromatic nitrogens is 1. The van der Waals surface area contributed by atoms with Gasteiger partial charge < -0.3 is 20.3 Å². The lowest BCUT2D eigenvalue weighted by molar-refractivity contribution is 0.0697. The van der Waals surface area contributed by atoms with Crippen LogP contribution in [0.5, 0.6) is 17.4 Å². The first-order valence-electron chi connectivity index (χ1n) is 8.33. The number of hydrogen-bond donors (Lipinski definition) is 2. The predicted octanol–water partition coefficient (Wildman–Crippen LogP) is 4.45. The van der Waals surface area contributed by atoms with Crippen LogP contribution in [0.4, 0.5) is 5.69 Å². The fourth-order valence-corrected chi connectivity index (χ4v) is 3.03. The summed E-state index contributed by atoms with van der Waals surface area (Å²) in [5.74, 6) is 0.335. The quantitative estimate of drug-likeness (QED) is 0.695. The highest BCUT2D eigenvalue weighted by Gasteiger charge is 2.23. The van der Waals surface area contributed by atoms with Gasteiger partial charge >= 0.3 is 5.97 Å². The highest BCUT2D eigenvalue weighted by Crippen LogP contribution is 2.43. The molecule has 0 aliphatic carbocycles. The van der Waals surface area contributed by atoms with Crippen LogP contribution in [0.15, 0.2) is 48.7 Å². The average molecular weight is 364 g/mol. The summed E-state index contributed by atoms with van der Waals surface area (Å²) in [6, 6.07) is 12.9. The summed E-state index contributed by atoms with van der Waals surface area (Å²) in [5.41, 5.74) is 9.19. The van der Waals surface area contributed by atoms with E-state index in [0.717, 1.165) is 16.7 Å². The average Bonchev–Trinajstić information content (AvgIpc) is 2.64. The second-order valence-corrected chi connectivity index (χ2v) is 6.07. The molecule has 0 saturated carbocycles. The zero-order chi connectivity index (χ0) is 19.6. The van der Waals surface area contributed by atoms with Crippen LogP contribution in [-0.2, 0) is 0 Å². The molecule has 0 fully saturated rings. The molecular formula is C21H20N2O4. The third kappa shape index (κ3) is 3.42. The molecule has 0 saturated heterocycles. The van der Waals surface area contributed by atoms with Gasteiger partial charge in [-0.15, -0.1) is 0 Å². The number of ether oxygens (including phenoxy) is 2. The Morgan fingerprint density at radius 1 is 1.07 bits per heavy atom. The van der Waals surface area contributed by atoms with Crippen molar-refractivity contribution < 1.29 is 19.4 Å². The van der Waals surface area contributed by atoms with E-state index < -0.39 is 5.97 Å². The number of benzene rings is 2. The molecule has 6 nitrogen and oxygen atoms in total.